The standard InChI is InChI=1S/C13H17BrN2/c1-8(2)10-5-11(14)13-15-12(9(3)4)7-16(13)6-10/h5-9H,1-4H3. The van der Waals surface area contributed by atoms with Gasteiger partial charge in [-0.3, -0.25) is 0 Å². The minimum atomic E-state index is 0.467. The van der Waals surface area contributed by atoms with E-state index >= 15 is 0 Å². The molecule has 2 aromatic heterocycles. The van der Waals surface area contributed by atoms with Crippen molar-refractivity contribution in [3.05, 3.63) is 34.2 Å². The Morgan fingerprint density at radius 3 is 2.38 bits per heavy atom. The lowest BCUT2D eigenvalue weighted by atomic mass is 10.1. The molecule has 0 radical (unpaired) electrons. The van der Waals surface area contributed by atoms with E-state index in [1.54, 1.807) is 0 Å². The molecule has 0 bridgehead atoms. The van der Waals surface area contributed by atoms with Gasteiger partial charge in [0.2, 0.25) is 0 Å². The summed E-state index contributed by atoms with van der Waals surface area (Å²) in [6, 6.07) is 2.16. The smallest absolute Gasteiger partial charge is 0.151 e. The van der Waals surface area contributed by atoms with E-state index in [-0.39, 0.29) is 0 Å². The number of aromatic nitrogens is 2. The molecule has 0 aliphatic heterocycles. The second-order valence-corrected chi connectivity index (χ2v) is 5.68. The van der Waals surface area contributed by atoms with Gasteiger partial charge in [0.15, 0.2) is 5.65 Å². The fraction of sp³-hybridized carbons (Fsp3) is 0.462. The number of rotatable bonds is 2. The van der Waals surface area contributed by atoms with Crippen LogP contribution in [0.1, 0.15) is 50.8 Å². The van der Waals surface area contributed by atoms with E-state index in [4.69, 9.17) is 0 Å². The zero-order valence-corrected chi connectivity index (χ0v) is 11.7. The quantitative estimate of drug-likeness (QED) is 0.800. The lowest BCUT2D eigenvalue weighted by Crippen LogP contribution is -1.92. The Labute approximate surface area is 105 Å². The van der Waals surface area contributed by atoms with Gasteiger partial charge in [-0.05, 0) is 39.4 Å². The largest absolute Gasteiger partial charge is 0.306 e. The topological polar surface area (TPSA) is 17.3 Å². The molecule has 0 atom stereocenters. The number of hydrogen-bond acceptors (Lipinski definition) is 1. The van der Waals surface area contributed by atoms with Crippen molar-refractivity contribution in [2.24, 2.45) is 0 Å². The molecule has 86 valence electrons. The summed E-state index contributed by atoms with van der Waals surface area (Å²) in [4.78, 5) is 4.63. The highest BCUT2D eigenvalue weighted by atomic mass is 79.9. The number of pyridine rings is 1. The number of imidazole rings is 1. The zero-order chi connectivity index (χ0) is 11.9. The predicted molar refractivity (Wildman–Crippen MR) is 71.1 cm³/mol. The Kier molecular flexibility index (Phi) is 3.06. The van der Waals surface area contributed by atoms with Crippen LogP contribution in [0.15, 0.2) is 22.9 Å². The summed E-state index contributed by atoms with van der Waals surface area (Å²) < 4.78 is 3.19. The van der Waals surface area contributed by atoms with Gasteiger partial charge >= 0.3 is 0 Å². The van der Waals surface area contributed by atoms with Crippen molar-refractivity contribution in [3.63, 3.8) is 0 Å². The van der Waals surface area contributed by atoms with Crippen LogP contribution in [0.5, 0.6) is 0 Å². The van der Waals surface area contributed by atoms with Crippen molar-refractivity contribution in [3.8, 4) is 0 Å². The first-order valence-electron chi connectivity index (χ1n) is 5.67. The van der Waals surface area contributed by atoms with Gasteiger partial charge in [-0.1, -0.05) is 27.7 Å². The van der Waals surface area contributed by atoms with Gasteiger partial charge in [0, 0.05) is 12.4 Å². The predicted octanol–water partition coefficient (Wildman–Crippen LogP) is 4.34. The second-order valence-electron chi connectivity index (χ2n) is 4.83. The molecule has 16 heavy (non-hydrogen) atoms. The minimum absolute atomic E-state index is 0.467. The maximum atomic E-state index is 4.63. The normalized spacial score (nSPS) is 11.9. The van der Waals surface area contributed by atoms with Crippen LogP contribution in [0.2, 0.25) is 0 Å². The third-order valence-corrected chi connectivity index (χ3v) is 3.39. The molecule has 0 aliphatic carbocycles. The number of nitrogens with zero attached hydrogens (tertiary/aromatic N) is 2. The zero-order valence-electron chi connectivity index (χ0n) is 10.2. The van der Waals surface area contributed by atoms with Gasteiger partial charge in [0.1, 0.15) is 0 Å². The first-order chi connectivity index (χ1) is 7.49. The summed E-state index contributed by atoms with van der Waals surface area (Å²) in [5.41, 5.74) is 3.47. The van der Waals surface area contributed by atoms with Crippen molar-refractivity contribution in [1.29, 1.82) is 0 Å². The summed E-state index contributed by atoms with van der Waals surface area (Å²) in [6.45, 7) is 8.74. The van der Waals surface area contributed by atoms with Crippen molar-refractivity contribution >= 4 is 21.6 Å². The first kappa shape index (κ1) is 11.6. The van der Waals surface area contributed by atoms with Gasteiger partial charge in [0.25, 0.3) is 0 Å². The van der Waals surface area contributed by atoms with Crippen molar-refractivity contribution in [2.75, 3.05) is 0 Å². The molecule has 0 aliphatic rings. The van der Waals surface area contributed by atoms with E-state index in [1.807, 2.05) is 0 Å². The first-order valence-corrected chi connectivity index (χ1v) is 6.46. The molecule has 0 saturated carbocycles. The fourth-order valence-electron chi connectivity index (χ4n) is 1.69. The minimum Gasteiger partial charge on any atom is -0.306 e. The highest BCUT2D eigenvalue weighted by molar-refractivity contribution is 9.10. The molecule has 0 amide bonds. The van der Waals surface area contributed by atoms with Gasteiger partial charge in [0.05, 0.1) is 10.2 Å². The van der Waals surface area contributed by atoms with E-state index < -0.39 is 0 Å². The molecular weight excluding hydrogens is 264 g/mol. The van der Waals surface area contributed by atoms with Crippen LogP contribution in [-0.2, 0) is 0 Å². The van der Waals surface area contributed by atoms with Gasteiger partial charge in [-0.2, -0.15) is 0 Å². The van der Waals surface area contributed by atoms with E-state index in [9.17, 15) is 0 Å². The summed E-state index contributed by atoms with van der Waals surface area (Å²) in [7, 11) is 0. The molecule has 2 aromatic rings. The fourth-order valence-corrected chi connectivity index (χ4v) is 2.25. The van der Waals surface area contributed by atoms with Crippen LogP contribution in [-0.4, -0.2) is 9.38 Å². The molecule has 0 aromatic carbocycles. The Balaban J connectivity index is 2.63. The van der Waals surface area contributed by atoms with Crippen LogP contribution >= 0.6 is 15.9 Å². The molecule has 0 saturated heterocycles. The van der Waals surface area contributed by atoms with Crippen LogP contribution in [0.3, 0.4) is 0 Å². The van der Waals surface area contributed by atoms with Crippen LogP contribution < -0.4 is 0 Å². The van der Waals surface area contributed by atoms with E-state index in [2.05, 4.69) is 71.5 Å². The van der Waals surface area contributed by atoms with Gasteiger partial charge in [-0.25, -0.2) is 4.98 Å². The van der Waals surface area contributed by atoms with Gasteiger partial charge in [-0.15, -0.1) is 0 Å². The van der Waals surface area contributed by atoms with Crippen molar-refractivity contribution in [2.45, 2.75) is 39.5 Å². The average Bonchev–Trinajstić information content (AvgIpc) is 2.61. The maximum absolute atomic E-state index is 4.63. The lowest BCUT2D eigenvalue weighted by molar-refractivity contribution is 0.833. The Morgan fingerprint density at radius 1 is 1.12 bits per heavy atom. The Hall–Kier alpha value is -0.830. The van der Waals surface area contributed by atoms with Crippen molar-refractivity contribution in [1.82, 2.24) is 9.38 Å². The summed E-state index contributed by atoms with van der Waals surface area (Å²) >= 11 is 3.60. The molecule has 0 N–H and O–H groups in total. The van der Waals surface area contributed by atoms with E-state index in [0.717, 1.165) is 15.8 Å². The molecule has 0 spiro atoms. The molecular formula is C13H17BrN2. The molecule has 3 heteroatoms. The monoisotopic (exact) mass is 280 g/mol. The summed E-state index contributed by atoms with van der Waals surface area (Å²) in [5, 5.41) is 0. The van der Waals surface area contributed by atoms with E-state index in [0.29, 0.717) is 11.8 Å². The SMILES string of the molecule is CC(C)c1cc(Br)c2nc(C(C)C)cn2c1. The Morgan fingerprint density at radius 2 is 1.81 bits per heavy atom. The molecule has 2 rings (SSSR count). The lowest BCUT2D eigenvalue weighted by Gasteiger charge is -2.06. The second kappa shape index (κ2) is 4.21. The number of hydrogen-bond donors (Lipinski definition) is 0. The Bertz CT molecular complexity index is 512. The molecule has 2 heterocycles. The highest BCUT2D eigenvalue weighted by Gasteiger charge is 2.10. The maximum Gasteiger partial charge on any atom is 0.151 e. The van der Waals surface area contributed by atoms with Gasteiger partial charge < -0.3 is 4.40 Å². The van der Waals surface area contributed by atoms with Crippen LogP contribution in [0, 0.1) is 0 Å². The number of fused-ring (bicyclic) bond motifs is 1. The molecule has 0 fully saturated rings. The third-order valence-electron chi connectivity index (χ3n) is 2.80. The van der Waals surface area contributed by atoms with E-state index in [1.165, 1.54) is 5.56 Å². The molecule has 0 unspecified atom stereocenters. The average molecular weight is 281 g/mol. The highest BCUT2D eigenvalue weighted by Crippen LogP contribution is 2.25. The number of halogens is 1. The third kappa shape index (κ3) is 2.01. The molecule has 2 nitrogen and oxygen atoms in total. The summed E-state index contributed by atoms with van der Waals surface area (Å²) in [6.07, 6.45) is 4.29. The van der Waals surface area contributed by atoms with Crippen LogP contribution in [0.4, 0.5) is 0 Å². The van der Waals surface area contributed by atoms with Crippen LogP contribution in [0.25, 0.3) is 5.65 Å². The van der Waals surface area contributed by atoms with Crippen molar-refractivity contribution < 1.29 is 0 Å². The summed E-state index contributed by atoms with van der Waals surface area (Å²) in [5.74, 6) is 1.000.